The lowest BCUT2D eigenvalue weighted by Gasteiger charge is -2.24. The number of morpholine rings is 1. The number of nitrogens with one attached hydrogen (secondary N) is 1. The van der Waals surface area contributed by atoms with E-state index in [1.54, 1.807) is 16.2 Å². The number of nitrogens with zero attached hydrogens (tertiary/aromatic N) is 2. The second-order valence-corrected chi connectivity index (χ2v) is 5.92. The summed E-state index contributed by atoms with van der Waals surface area (Å²) in [4.78, 5) is 29.4. The average molecular weight is 281 g/mol. The van der Waals surface area contributed by atoms with E-state index in [4.69, 9.17) is 4.74 Å². The van der Waals surface area contributed by atoms with E-state index in [0.717, 1.165) is 10.7 Å². The molecule has 0 aromatic carbocycles. The van der Waals surface area contributed by atoms with Crippen molar-refractivity contribution in [1.29, 1.82) is 0 Å². The van der Waals surface area contributed by atoms with Gasteiger partial charge in [0, 0.05) is 18.5 Å². The summed E-state index contributed by atoms with van der Waals surface area (Å²) in [6.07, 6.45) is 0.247. The van der Waals surface area contributed by atoms with Crippen LogP contribution in [0, 0.1) is 6.92 Å². The van der Waals surface area contributed by atoms with Gasteiger partial charge in [0.2, 0.25) is 11.8 Å². The van der Waals surface area contributed by atoms with Crippen molar-refractivity contribution in [2.45, 2.75) is 25.5 Å². The number of hydrogen-bond acceptors (Lipinski definition) is 5. The first-order chi connectivity index (χ1) is 9.11. The minimum absolute atomic E-state index is 0.0394. The van der Waals surface area contributed by atoms with Gasteiger partial charge in [-0.15, -0.1) is 11.3 Å². The normalized spacial score (nSPS) is 26.2. The van der Waals surface area contributed by atoms with Gasteiger partial charge in [-0.3, -0.25) is 9.59 Å². The molecule has 0 radical (unpaired) electrons. The largest absolute Gasteiger partial charge is 0.364 e. The predicted octanol–water partition coefficient (Wildman–Crippen LogP) is -0.280. The second kappa shape index (κ2) is 4.90. The maximum absolute atomic E-state index is 12.2. The number of amides is 2. The molecule has 6 nitrogen and oxygen atoms in total. The summed E-state index contributed by atoms with van der Waals surface area (Å²) in [6.45, 7) is 3.09. The van der Waals surface area contributed by atoms with Crippen LogP contribution in [0.2, 0.25) is 0 Å². The molecule has 7 heteroatoms. The van der Waals surface area contributed by atoms with Crippen molar-refractivity contribution in [3.05, 3.63) is 16.1 Å². The number of thiazole rings is 1. The average Bonchev–Trinajstić information content (AvgIpc) is 2.95. The van der Waals surface area contributed by atoms with Crippen LogP contribution in [0.5, 0.6) is 0 Å². The van der Waals surface area contributed by atoms with Crippen LogP contribution in [-0.2, 0) is 20.7 Å². The maximum atomic E-state index is 12.2. The smallest absolute Gasteiger partial charge is 0.246 e. The van der Waals surface area contributed by atoms with Gasteiger partial charge in [0.05, 0.1) is 29.3 Å². The van der Waals surface area contributed by atoms with Crippen molar-refractivity contribution in [2.24, 2.45) is 0 Å². The molecule has 1 aromatic rings. The Morgan fingerprint density at radius 2 is 2.47 bits per heavy atom. The van der Waals surface area contributed by atoms with Crippen molar-refractivity contribution >= 4 is 23.2 Å². The summed E-state index contributed by atoms with van der Waals surface area (Å²) in [6, 6.07) is -0.0672. The molecule has 0 unspecified atom stereocenters. The van der Waals surface area contributed by atoms with E-state index in [1.165, 1.54) is 0 Å². The van der Waals surface area contributed by atoms with E-state index in [9.17, 15) is 9.59 Å². The van der Waals surface area contributed by atoms with Crippen LogP contribution in [0.25, 0.3) is 0 Å². The quantitative estimate of drug-likeness (QED) is 0.809. The first kappa shape index (κ1) is 12.6. The van der Waals surface area contributed by atoms with Crippen molar-refractivity contribution in [3.8, 4) is 0 Å². The Kier molecular flexibility index (Phi) is 3.24. The number of aromatic nitrogens is 1. The zero-order valence-corrected chi connectivity index (χ0v) is 11.4. The van der Waals surface area contributed by atoms with Gasteiger partial charge in [-0.1, -0.05) is 0 Å². The van der Waals surface area contributed by atoms with E-state index in [-0.39, 0.29) is 30.6 Å². The second-order valence-electron chi connectivity index (χ2n) is 4.86. The zero-order chi connectivity index (χ0) is 13.4. The molecule has 3 heterocycles. The molecule has 3 rings (SSSR count). The molecule has 1 N–H and O–H groups in total. The van der Waals surface area contributed by atoms with E-state index in [2.05, 4.69) is 10.3 Å². The van der Waals surface area contributed by atoms with Crippen LogP contribution < -0.4 is 5.32 Å². The minimum Gasteiger partial charge on any atom is -0.364 e. The summed E-state index contributed by atoms with van der Waals surface area (Å²) in [5.74, 6) is -0.0665. The van der Waals surface area contributed by atoms with Gasteiger partial charge >= 0.3 is 0 Å². The molecule has 0 bridgehead atoms. The lowest BCUT2D eigenvalue weighted by atomic mass is 10.2. The van der Waals surface area contributed by atoms with Gasteiger partial charge in [-0.25, -0.2) is 4.98 Å². The number of ether oxygens (including phenoxy) is 1. The minimum atomic E-state index is -0.106. The molecule has 2 fully saturated rings. The molecule has 0 saturated carbocycles. The van der Waals surface area contributed by atoms with Gasteiger partial charge < -0.3 is 15.0 Å². The number of carbonyl (C=O) groups excluding carboxylic acids is 2. The van der Waals surface area contributed by atoms with Crippen LogP contribution >= 0.6 is 11.3 Å². The van der Waals surface area contributed by atoms with Gasteiger partial charge in [0.25, 0.3) is 0 Å². The van der Waals surface area contributed by atoms with Gasteiger partial charge in [-0.2, -0.15) is 0 Å². The highest BCUT2D eigenvalue weighted by Crippen LogP contribution is 2.18. The van der Waals surface area contributed by atoms with Crippen molar-refractivity contribution in [1.82, 2.24) is 15.2 Å². The molecule has 0 aliphatic carbocycles. The highest BCUT2D eigenvalue weighted by molar-refractivity contribution is 7.09. The molecule has 2 aliphatic rings. The number of rotatable bonds is 2. The fraction of sp³-hybridized carbons (Fsp3) is 0.583. The number of carbonyl (C=O) groups is 2. The summed E-state index contributed by atoms with van der Waals surface area (Å²) in [7, 11) is 0. The lowest BCUT2D eigenvalue weighted by Crippen LogP contribution is -2.50. The number of aryl methyl sites for hydroxylation is 1. The fourth-order valence-corrected chi connectivity index (χ4v) is 3.09. The Morgan fingerprint density at radius 3 is 3.21 bits per heavy atom. The Hall–Kier alpha value is -1.47. The monoisotopic (exact) mass is 281 g/mol. The van der Waals surface area contributed by atoms with Crippen LogP contribution in [0.4, 0.5) is 0 Å². The van der Waals surface area contributed by atoms with E-state index in [1.807, 2.05) is 12.3 Å². The third-order valence-electron chi connectivity index (χ3n) is 3.39. The fourth-order valence-electron chi connectivity index (χ4n) is 2.47. The topological polar surface area (TPSA) is 71.5 Å². The SMILES string of the molecule is Cc1nc(CC(=O)N2C[C@@H]3NC(=O)CO[C@H]3C2)cs1. The van der Waals surface area contributed by atoms with E-state index >= 15 is 0 Å². The van der Waals surface area contributed by atoms with Crippen molar-refractivity contribution in [2.75, 3.05) is 19.7 Å². The van der Waals surface area contributed by atoms with Crippen molar-refractivity contribution < 1.29 is 14.3 Å². The number of fused-ring (bicyclic) bond motifs is 1. The highest BCUT2D eigenvalue weighted by atomic mass is 32.1. The van der Waals surface area contributed by atoms with Gasteiger partial charge in [0.1, 0.15) is 6.61 Å². The summed E-state index contributed by atoms with van der Waals surface area (Å²) in [5, 5.41) is 5.74. The van der Waals surface area contributed by atoms with E-state index < -0.39 is 0 Å². The third kappa shape index (κ3) is 2.62. The molecule has 2 amide bonds. The molecule has 0 spiro atoms. The maximum Gasteiger partial charge on any atom is 0.246 e. The molecule has 102 valence electrons. The zero-order valence-electron chi connectivity index (χ0n) is 10.6. The third-order valence-corrected chi connectivity index (χ3v) is 4.22. The Morgan fingerprint density at radius 1 is 1.63 bits per heavy atom. The Bertz CT molecular complexity index is 516. The Balaban J connectivity index is 1.61. The molecule has 2 atom stereocenters. The number of hydrogen-bond donors (Lipinski definition) is 1. The number of likely N-dealkylation sites (tertiary alicyclic amines) is 1. The molecule has 19 heavy (non-hydrogen) atoms. The van der Waals surface area contributed by atoms with Gasteiger partial charge in [-0.05, 0) is 6.92 Å². The van der Waals surface area contributed by atoms with Crippen LogP contribution in [0.3, 0.4) is 0 Å². The summed E-state index contributed by atoms with van der Waals surface area (Å²) >= 11 is 1.55. The molecular weight excluding hydrogens is 266 g/mol. The summed E-state index contributed by atoms with van der Waals surface area (Å²) in [5.41, 5.74) is 0.812. The first-order valence-electron chi connectivity index (χ1n) is 6.21. The van der Waals surface area contributed by atoms with Crippen LogP contribution in [0.15, 0.2) is 5.38 Å². The highest BCUT2D eigenvalue weighted by Gasteiger charge is 2.39. The van der Waals surface area contributed by atoms with Gasteiger partial charge in [0.15, 0.2) is 0 Å². The molecule has 2 saturated heterocycles. The Labute approximate surface area is 114 Å². The lowest BCUT2D eigenvalue weighted by molar-refractivity contribution is -0.134. The first-order valence-corrected chi connectivity index (χ1v) is 7.09. The van der Waals surface area contributed by atoms with Crippen LogP contribution in [0.1, 0.15) is 10.7 Å². The van der Waals surface area contributed by atoms with Crippen molar-refractivity contribution in [3.63, 3.8) is 0 Å². The summed E-state index contributed by atoms with van der Waals surface area (Å²) < 4.78 is 5.43. The predicted molar refractivity (Wildman–Crippen MR) is 68.8 cm³/mol. The molecule has 1 aromatic heterocycles. The van der Waals surface area contributed by atoms with E-state index in [0.29, 0.717) is 19.5 Å². The van der Waals surface area contributed by atoms with Crippen LogP contribution in [-0.4, -0.2) is 53.5 Å². The molecular formula is C12H15N3O3S. The molecule has 2 aliphatic heterocycles. The standard InChI is InChI=1S/C12H15N3O3S/c1-7-13-8(6-19-7)2-12(17)15-3-9-10(4-15)18-5-11(16)14-9/h6,9-10H,2-5H2,1H3,(H,14,16)/t9-,10-/m0/s1.